The molecule has 0 unspecified atom stereocenters. The Kier molecular flexibility index (Phi) is 6.70. The van der Waals surface area contributed by atoms with Crippen LogP contribution in [0.4, 0.5) is 0 Å². The molecule has 1 aliphatic carbocycles. The molecule has 62 valence electrons. The zero-order valence-electron chi connectivity index (χ0n) is 7.43. The van der Waals surface area contributed by atoms with Crippen molar-refractivity contribution in [3.8, 4) is 0 Å². The predicted octanol–water partition coefficient (Wildman–Crippen LogP) is 3.33. The van der Waals surface area contributed by atoms with Gasteiger partial charge in [-0.2, -0.15) is 0 Å². The van der Waals surface area contributed by atoms with Crippen molar-refractivity contribution >= 4 is 6.21 Å². The number of rotatable bonds is 1. The van der Waals surface area contributed by atoms with Crippen molar-refractivity contribution in [3.63, 3.8) is 0 Å². The molecule has 0 atom stereocenters. The fraction of sp³-hybridized carbons (Fsp3) is 0.500. The molecule has 0 aromatic heterocycles. The Morgan fingerprint density at radius 1 is 1.64 bits per heavy atom. The Morgan fingerprint density at radius 2 is 2.27 bits per heavy atom. The van der Waals surface area contributed by atoms with E-state index in [4.69, 9.17) is 5.41 Å². The first kappa shape index (κ1) is 10.2. The van der Waals surface area contributed by atoms with Gasteiger partial charge in [0.15, 0.2) is 0 Å². The third-order valence-corrected chi connectivity index (χ3v) is 1.55. The van der Waals surface area contributed by atoms with Gasteiger partial charge in [0.05, 0.1) is 0 Å². The number of hydrogen-bond acceptors (Lipinski definition) is 1. The Morgan fingerprint density at radius 3 is 2.55 bits per heavy atom. The first-order chi connectivity index (χ1) is 5.35. The van der Waals surface area contributed by atoms with Crippen molar-refractivity contribution in [3.05, 3.63) is 23.8 Å². The molecule has 0 heterocycles. The molecule has 0 aliphatic heterocycles. The van der Waals surface area contributed by atoms with Crippen LogP contribution in [0.5, 0.6) is 0 Å². The molecule has 1 rings (SSSR count). The normalized spacial score (nSPS) is 14.5. The van der Waals surface area contributed by atoms with Crippen molar-refractivity contribution in [1.82, 2.24) is 0 Å². The lowest BCUT2D eigenvalue weighted by Crippen LogP contribution is -1.83. The van der Waals surface area contributed by atoms with E-state index in [2.05, 4.69) is 25.2 Å². The molecular formula is C10H17N. The minimum atomic E-state index is 1.23. The van der Waals surface area contributed by atoms with Crippen LogP contribution in [0.1, 0.15) is 33.1 Å². The van der Waals surface area contributed by atoms with E-state index in [-0.39, 0.29) is 0 Å². The Bertz CT molecular complexity index is 154. The van der Waals surface area contributed by atoms with Crippen LogP contribution in [-0.4, -0.2) is 6.21 Å². The Balaban J connectivity index is 0.000000292. The summed E-state index contributed by atoms with van der Waals surface area (Å²) in [5.74, 6) is 0. The van der Waals surface area contributed by atoms with Crippen LogP contribution < -0.4 is 0 Å². The fourth-order valence-electron chi connectivity index (χ4n) is 0.947. The SMILES string of the molecule is CC=N.CCC1=CC=CCC1. The van der Waals surface area contributed by atoms with Crippen molar-refractivity contribution in [2.24, 2.45) is 0 Å². The smallest absolute Gasteiger partial charge is 0.00788 e. The van der Waals surface area contributed by atoms with Gasteiger partial charge in [-0.15, -0.1) is 0 Å². The van der Waals surface area contributed by atoms with Gasteiger partial charge in [-0.1, -0.05) is 30.7 Å². The van der Waals surface area contributed by atoms with E-state index >= 15 is 0 Å². The summed E-state index contributed by atoms with van der Waals surface area (Å²) < 4.78 is 0. The number of allylic oxidation sites excluding steroid dienone is 4. The van der Waals surface area contributed by atoms with Gasteiger partial charge in [0.25, 0.3) is 0 Å². The first-order valence-corrected chi connectivity index (χ1v) is 4.14. The summed E-state index contributed by atoms with van der Waals surface area (Å²) in [6, 6.07) is 0. The second-order valence-corrected chi connectivity index (χ2v) is 2.43. The highest BCUT2D eigenvalue weighted by molar-refractivity contribution is 5.48. The third kappa shape index (κ3) is 5.59. The fourth-order valence-corrected chi connectivity index (χ4v) is 0.947. The molecule has 1 N–H and O–H groups in total. The molecule has 0 saturated carbocycles. The van der Waals surface area contributed by atoms with Crippen LogP contribution in [0.3, 0.4) is 0 Å². The van der Waals surface area contributed by atoms with Gasteiger partial charge in [-0.3, -0.25) is 0 Å². The van der Waals surface area contributed by atoms with Crippen LogP contribution in [0.25, 0.3) is 0 Å². The molecule has 11 heavy (non-hydrogen) atoms. The number of hydrogen-bond donors (Lipinski definition) is 1. The van der Waals surface area contributed by atoms with Gasteiger partial charge in [0.2, 0.25) is 0 Å². The van der Waals surface area contributed by atoms with E-state index < -0.39 is 0 Å². The van der Waals surface area contributed by atoms with Crippen LogP contribution in [0.2, 0.25) is 0 Å². The van der Waals surface area contributed by atoms with Crippen LogP contribution in [0, 0.1) is 5.41 Å². The van der Waals surface area contributed by atoms with Crippen LogP contribution >= 0.6 is 0 Å². The van der Waals surface area contributed by atoms with Gasteiger partial charge in [-0.25, -0.2) is 0 Å². The lowest BCUT2D eigenvalue weighted by molar-refractivity contribution is 0.895. The molecule has 1 nitrogen and oxygen atoms in total. The molecule has 1 aliphatic rings. The van der Waals surface area contributed by atoms with Crippen molar-refractivity contribution in [2.45, 2.75) is 33.1 Å². The lowest BCUT2D eigenvalue weighted by Gasteiger charge is -2.03. The maximum atomic E-state index is 6.08. The number of nitrogens with one attached hydrogen (secondary N) is 1. The Hall–Kier alpha value is -0.850. The average Bonchev–Trinajstić information content (AvgIpc) is 2.08. The van der Waals surface area contributed by atoms with Gasteiger partial charge in [-0.05, 0) is 32.4 Å². The van der Waals surface area contributed by atoms with E-state index in [9.17, 15) is 0 Å². The highest BCUT2D eigenvalue weighted by atomic mass is 14.3. The minimum Gasteiger partial charge on any atom is -0.313 e. The molecule has 0 spiro atoms. The third-order valence-electron chi connectivity index (χ3n) is 1.55. The van der Waals surface area contributed by atoms with Crippen molar-refractivity contribution in [1.29, 1.82) is 5.41 Å². The molecule has 0 radical (unpaired) electrons. The van der Waals surface area contributed by atoms with Gasteiger partial charge >= 0.3 is 0 Å². The van der Waals surface area contributed by atoms with Gasteiger partial charge in [0.1, 0.15) is 0 Å². The highest BCUT2D eigenvalue weighted by Gasteiger charge is 1.93. The van der Waals surface area contributed by atoms with Crippen molar-refractivity contribution in [2.75, 3.05) is 0 Å². The molecule has 0 bridgehead atoms. The van der Waals surface area contributed by atoms with Crippen molar-refractivity contribution < 1.29 is 0 Å². The largest absolute Gasteiger partial charge is 0.313 e. The summed E-state index contributed by atoms with van der Waals surface area (Å²) in [4.78, 5) is 0. The zero-order chi connectivity index (χ0) is 8.53. The first-order valence-electron chi connectivity index (χ1n) is 4.14. The maximum Gasteiger partial charge on any atom is -0.00788 e. The summed E-state index contributed by atoms with van der Waals surface area (Å²) >= 11 is 0. The average molecular weight is 151 g/mol. The highest BCUT2D eigenvalue weighted by Crippen LogP contribution is 2.13. The standard InChI is InChI=1S/C8H12.C2H5N/c1-2-8-6-4-3-5-7-8;1-2-3/h3-4,6H,2,5,7H2,1H3;2-3H,1H3. The lowest BCUT2D eigenvalue weighted by atomic mass is 10.0. The van der Waals surface area contributed by atoms with E-state index in [0.29, 0.717) is 0 Å². The van der Waals surface area contributed by atoms with Crippen LogP contribution in [-0.2, 0) is 0 Å². The van der Waals surface area contributed by atoms with E-state index in [1.165, 1.54) is 25.5 Å². The predicted molar refractivity (Wildman–Crippen MR) is 51.2 cm³/mol. The molecular weight excluding hydrogens is 134 g/mol. The van der Waals surface area contributed by atoms with E-state index in [1.54, 1.807) is 12.5 Å². The van der Waals surface area contributed by atoms with Crippen LogP contribution in [0.15, 0.2) is 23.8 Å². The topological polar surface area (TPSA) is 23.9 Å². The monoisotopic (exact) mass is 151 g/mol. The summed E-state index contributed by atoms with van der Waals surface area (Å²) in [5, 5.41) is 6.08. The van der Waals surface area contributed by atoms with E-state index in [1.807, 2.05) is 0 Å². The second-order valence-electron chi connectivity index (χ2n) is 2.43. The summed E-state index contributed by atoms with van der Waals surface area (Å²) in [6.45, 7) is 3.88. The van der Waals surface area contributed by atoms with Gasteiger partial charge in [0, 0.05) is 0 Å². The zero-order valence-corrected chi connectivity index (χ0v) is 7.43. The molecule has 0 amide bonds. The molecule has 0 fully saturated rings. The second kappa shape index (κ2) is 7.26. The van der Waals surface area contributed by atoms with E-state index in [0.717, 1.165) is 0 Å². The summed E-state index contributed by atoms with van der Waals surface area (Å²) in [5.41, 5.74) is 1.59. The molecule has 0 aromatic carbocycles. The maximum absolute atomic E-state index is 6.08. The Labute approximate surface area is 69.3 Å². The minimum absolute atomic E-state index is 1.23. The van der Waals surface area contributed by atoms with Gasteiger partial charge < -0.3 is 5.41 Å². The summed E-state index contributed by atoms with van der Waals surface area (Å²) in [7, 11) is 0. The molecule has 0 saturated heterocycles. The summed E-state index contributed by atoms with van der Waals surface area (Å²) in [6.07, 6.45) is 11.6. The quantitative estimate of drug-likeness (QED) is 0.556. The molecule has 0 aromatic rings. The molecule has 1 heteroatoms.